The number of carbonyl (C=O) groups is 1. The Morgan fingerprint density at radius 1 is 1.32 bits per heavy atom. The predicted octanol–water partition coefficient (Wildman–Crippen LogP) is 1.04. The molecule has 0 aromatic heterocycles. The first-order valence-electron chi connectivity index (χ1n) is 6.32. The van der Waals surface area contributed by atoms with Crippen molar-refractivity contribution >= 4 is 11.6 Å². The maximum atomic E-state index is 12.3. The van der Waals surface area contributed by atoms with E-state index in [0.29, 0.717) is 12.2 Å². The summed E-state index contributed by atoms with van der Waals surface area (Å²) in [5.74, 6) is 0.0244. The number of rotatable bonds is 6. The third-order valence-electron chi connectivity index (χ3n) is 3.60. The normalized spacial score (nSPS) is 16.4. The van der Waals surface area contributed by atoms with Crippen LogP contribution in [0.1, 0.15) is 18.4 Å². The van der Waals surface area contributed by atoms with Crippen LogP contribution in [0.2, 0.25) is 0 Å². The van der Waals surface area contributed by atoms with E-state index >= 15 is 0 Å². The third kappa shape index (κ3) is 2.88. The number of hydrogen-bond acceptors (Lipinski definition) is 4. The number of nitrogens with one attached hydrogen (secondary N) is 1. The monoisotopic (exact) mass is 264 g/mol. The molecule has 3 N–H and O–H groups in total. The van der Waals surface area contributed by atoms with E-state index < -0.39 is 6.29 Å². The molecule has 1 aromatic rings. The van der Waals surface area contributed by atoms with Gasteiger partial charge < -0.3 is 20.5 Å². The number of hydrogen-bond donors (Lipinski definition) is 2. The van der Waals surface area contributed by atoms with Crippen LogP contribution < -0.4 is 11.1 Å². The van der Waals surface area contributed by atoms with Crippen molar-refractivity contribution in [1.82, 2.24) is 5.32 Å². The Morgan fingerprint density at radius 2 is 1.89 bits per heavy atom. The summed E-state index contributed by atoms with van der Waals surface area (Å²) in [5, 5.41) is 2.88. The molecule has 0 bridgehead atoms. The van der Waals surface area contributed by atoms with Gasteiger partial charge in [-0.05, 0) is 30.5 Å². The topological polar surface area (TPSA) is 73.6 Å². The molecule has 0 heterocycles. The molecule has 1 aliphatic rings. The van der Waals surface area contributed by atoms with Crippen LogP contribution in [-0.4, -0.2) is 33.0 Å². The number of nitrogens with two attached hydrogens (primary N) is 1. The van der Waals surface area contributed by atoms with Crippen LogP contribution in [0.5, 0.6) is 0 Å². The summed E-state index contributed by atoms with van der Waals surface area (Å²) in [5.41, 5.74) is 7.00. The van der Waals surface area contributed by atoms with Crippen molar-refractivity contribution < 1.29 is 14.3 Å². The molecule has 1 amide bonds. The van der Waals surface area contributed by atoms with Gasteiger partial charge in [-0.25, -0.2) is 0 Å². The minimum Gasteiger partial charge on any atom is -0.399 e. The molecule has 1 saturated carbocycles. The van der Waals surface area contributed by atoms with Gasteiger partial charge in [-0.15, -0.1) is 0 Å². The maximum absolute atomic E-state index is 12.3. The Hall–Kier alpha value is -1.59. The van der Waals surface area contributed by atoms with Gasteiger partial charge in [0.15, 0.2) is 6.29 Å². The number of carbonyl (C=O) groups excluding carboxylic acids is 1. The fourth-order valence-corrected chi connectivity index (χ4v) is 2.18. The van der Waals surface area contributed by atoms with Crippen molar-refractivity contribution in [2.24, 2.45) is 0 Å². The van der Waals surface area contributed by atoms with Crippen molar-refractivity contribution in [1.29, 1.82) is 0 Å². The van der Waals surface area contributed by atoms with E-state index in [1.807, 2.05) is 24.3 Å². The summed E-state index contributed by atoms with van der Waals surface area (Å²) in [6, 6.07) is 7.50. The van der Waals surface area contributed by atoms with Crippen molar-refractivity contribution in [3.05, 3.63) is 29.8 Å². The van der Waals surface area contributed by atoms with E-state index in [1.165, 1.54) is 0 Å². The van der Waals surface area contributed by atoms with Crippen LogP contribution in [0.3, 0.4) is 0 Å². The highest BCUT2D eigenvalue weighted by atomic mass is 16.7. The van der Waals surface area contributed by atoms with Crippen LogP contribution in [0.25, 0.3) is 0 Å². The second-order valence-electron chi connectivity index (χ2n) is 4.82. The molecule has 19 heavy (non-hydrogen) atoms. The second-order valence-corrected chi connectivity index (χ2v) is 4.82. The quantitative estimate of drug-likeness (QED) is 0.594. The molecule has 1 aliphatic carbocycles. The fraction of sp³-hybridized carbons (Fsp3) is 0.500. The predicted molar refractivity (Wildman–Crippen MR) is 72.6 cm³/mol. The SMILES string of the molecule is COC(CNC(=O)C1(c2ccc(N)cc2)CC1)OC. The van der Waals surface area contributed by atoms with E-state index in [0.717, 1.165) is 18.4 Å². The Morgan fingerprint density at radius 3 is 2.37 bits per heavy atom. The van der Waals surface area contributed by atoms with Crippen LogP contribution in [-0.2, 0) is 19.7 Å². The number of ether oxygens (including phenoxy) is 2. The molecule has 0 radical (unpaired) electrons. The summed E-state index contributed by atoms with van der Waals surface area (Å²) in [4.78, 5) is 12.3. The zero-order valence-corrected chi connectivity index (χ0v) is 11.3. The van der Waals surface area contributed by atoms with Crippen molar-refractivity contribution in [3.63, 3.8) is 0 Å². The van der Waals surface area contributed by atoms with Crippen LogP contribution >= 0.6 is 0 Å². The molecule has 5 heteroatoms. The molecule has 0 atom stereocenters. The van der Waals surface area contributed by atoms with E-state index in [-0.39, 0.29) is 11.3 Å². The Balaban J connectivity index is 2.00. The minimum atomic E-state index is -0.411. The molecule has 5 nitrogen and oxygen atoms in total. The Labute approximate surface area is 113 Å². The number of amides is 1. The standard InChI is InChI=1S/C14H20N2O3/c1-18-12(19-2)9-16-13(17)14(7-8-14)10-3-5-11(15)6-4-10/h3-6,12H,7-9,15H2,1-2H3,(H,16,17). The van der Waals surface area contributed by atoms with Gasteiger partial charge >= 0.3 is 0 Å². The molecule has 1 fully saturated rings. The van der Waals surface area contributed by atoms with Gasteiger partial charge in [0, 0.05) is 19.9 Å². The van der Waals surface area contributed by atoms with Gasteiger partial charge in [-0.1, -0.05) is 12.1 Å². The molecule has 1 aromatic carbocycles. The van der Waals surface area contributed by atoms with Gasteiger partial charge in [0.25, 0.3) is 0 Å². The molecule has 0 aliphatic heterocycles. The highest BCUT2D eigenvalue weighted by Gasteiger charge is 2.51. The van der Waals surface area contributed by atoms with Gasteiger partial charge in [-0.3, -0.25) is 4.79 Å². The minimum absolute atomic E-state index is 0.0244. The van der Waals surface area contributed by atoms with Crippen molar-refractivity contribution in [2.45, 2.75) is 24.5 Å². The number of benzene rings is 1. The van der Waals surface area contributed by atoms with E-state index in [2.05, 4.69) is 5.32 Å². The molecular weight excluding hydrogens is 244 g/mol. The van der Waals surface area contributed by atoms with E-state index in [4.69, 9.17) is 15.2 Å². The molecule has 2 rings (SSSR count). The van der Waals surface area contributed by atoms with Gasteiger partial charge in [-0.2, -0.15) is 0 Å². The third-order valence-corrected chi connectivity index (χ3v) is 3.60. The number of methoxy groups -OCH3 is 2. The summed E-state index contributed by atoms with van der Waals surface area (Å²) in [7, 11) is 3.10. The molecule has 0 saturated heterocycles. The average molecular weight is 264 g/mol. The van der Waals surface area contributed by atoms with Gasteiger partial charge in [0.1, 0.15) is 0 Å². The summed E-state index contributed by atoms with van der Waals surface area (Å²) in [6.45, 7) is 0.350. The van der Waals surface area contributed by atoms with Gasteiger partial charge in [0.2, 0.25) is 5.91 Å². The maximum Gasteiger partial charge on any atom is 0.230 e. The van der Waals surface area contributed by atoms with Crippen molar-refractivity contribution in [3.8, 4) is 0 Å². The molecular formula is C14H20N2O3. The Kier molecular flexibility index (Phi) is 4.07. The largest absolute Gasteiger partial charge is 0.399 e. The fourth-order valence-electron chi connectivity index (χ4n) is 2.18. The first-order chi connectivity index (χ1) is 9.12. The molecule has 0 unspecified atom stereocenters. The van der Waals surface area contributed by atoms with Crippen LogP contribution in [0.4, 0.5) is 5.69 Å². The second kappa shape index (κ2) is 5.59. The van der Waals surface area contributed by atoms with Crippen LogP contribution in [0, 0.1) is 0 Å². The van der Waals surface area contributed by atoms with Crippen LogP contribution in [0.15, 0.2) is 24.3 Å². The average Bonchev–Trinajstić information content (AvgIpc) is 3.22. The van der Waals surface area contributed by atoms with Gasteiger partial charge in [0.05, 0.1) is 12.0 Å². The van der Waals surface area contributed by atoms with E-state index in [1.54, 1.807) is 14.2 Å². The summed E-state index contributed by atoms with van der Waals surface area (Å²) in [6.07, 6.45) is 1.33. The number of nitrogen functional groups attached to an aromatic ring is 1. The lowest BCUT2D eigenvalue weighted by molar-refractivity contribution is -0.129. The first kappa shape index (κ1) is 13.8. The molecule has 104 valence electrons. The Bertz CT molecular complexity index is 437. The lowest BCUT2D eigenvalue weighted by Crippen LogP contribution is -2.40. The lowest BCUT2D eigenvalue weighted by atomic mass is 9.95. The summed E-state index contributed by atoms with van der Waals surface area (Å²) >= 11 is 0. The smallest absolute Gasteiger partial charge is 0.230 e. The van der Waals surface area contributed by atoms with Crippen molar-refractivity contribution in [2.75, 3.05) is 26.5 Å². The summed E-state index contributed by atoms with van der Waals surface area (Å²) < 4.78 is 10.1. The highest BCUT2D eigenvalue weighted by molar-refractivity contribution is 5.91. The zero-order chi connectivity index (χ0) is 13.9. The first-order valence-corrected chi connectivity index (χ1v) is 6.32. The number of anilines is 1. The van der Waals surface area contributed by atoms with E-state index in [9.17, 15) is 4.79 Å². The lowest BCUT2D eigenvalue weighted by Gasteiger charge is -2.19. The highest BCUT2D eigenvalue weighted by Crippen LogP contribution is 2.48. The molecule has 0 spiro atoms. The zero-order valence-electron chi connectivity index (χ0n) is 11.3.